The minimum atomic E-state index is -2.21. The number of benzene rings is 1. The first kappa shape index (κ1) is 28.9. The molecule has 0 aliphatic carbocycles. The van der Waals surface area contributed by atoms with Crippen molar-refractivity contribution in [2.24, 2.45) is 4.99 Å². The van der Waals surface area contributed by atoms with Gasteiger partial charge in [0.1, 0.15) is 24.5 Å². The van der Waals surface area contributed by atoms with Gasteiger partial charge in [0, 0.05) is 20.2 Å². The Morgan fingerprint density at radius 2 is 1.89 bits per heavy atom. The number of carbonyl (C=O) groups is 2. The van der Waals surface area contributed by atoms with Crippen molar-refractivity contribution in [3.05, 3.63) is 46.4 Å². The smallest absolute Gasteiger partial charge is 0.418 e. The Bertz CT molecular complexity index is 1020. The van der Waals surface area contributed by atoms with Gasteiger partial charge < -0.3 is 14.6 Å². The maximum absolute atomic E-state index is 14.7. The van der Waals surface area contributed by atoms with E-state index in [4.69, 9.17) is 9.47 Å². The molecule has 12 heteroatoms. The fourth-order valence-electron chi connectivity index (χ4n) is 2.95. The van der Waals surface area contributed by atoms with Crippen LogP contribution >= 0.6 is 11.8 Å². The van der Waals surface area contributed by atoms with Gasteiger partial charge in [-0.25, -0.2) is 32.7 Å². The predicted octanol–water partition coefficient (Wildman–Crippen LogP) is 5.75. The van der Waals surface area contributed by atoms with E-state index >= 15 is 0 Å². The summed E-state index contributed by atoms with van der Waals surface area (Å²) in [7, 11) is -1.45. The van der Waals surface area contributed by atoms with Crippen molar-refractivity contribution in [3.63, 3.8) is 0 Å². The maximum Gasteiger partial charge on any atom is 0.418 e. The van der Waals surface area contributed by atoms with Gasteiger partial charge in [0.05, 0.1) is 4.91 Å². The largest absolute Gasteiger partial charge is 0.477 e. The average Bonchev–Trinajstić information content (AvgIpc) is 2.73. The molecule has 0 radical (unpaired) electrons. The van der Waals surface area contributed by atoms with E-state index < -0.39 is 60.1 Å². The minimum Gasteiger partial charge on any atom is -0.477 e. The van der Waals surface area contributed by atoms with Crippen LogP contribution in [-0.2, 0) is 19.8 Å². The zero-order valence-corrected chi connectivity index (χ0v) is 22.5. The molecular formula is C23H31F3N2O5SSi. The van der Waals surface area contributed by atoms with E-state index in [-0.39, 0.29) is 11.9 Å². The summed E-state index contributed by atoms with van der Waals surface area (Å²) < 4.78 is 54.3. The summed E-state index contributed by atoms with van der Waals surface area (Å²) >= 11 is 0.570. The molecule has 0 fully saturated rings. The number of hydrogen-bond donors (Lipinski definition) is 1. The summed E-state index contributed by atoms with van der Waals surface area (Å²) in [6.45, 7) is 9.95. The summed E-state index contributed by atoms with van der Waals surface area (Å²) in [6.07, 6.45) is 0.0107. The second kappa shape index (κ2) is 11.2. The highest BCUT2D eigenvalue weighted by atomic mass is 32.2. The number of halogens is 3. The third kappa shape index (κ3) is 7.84. The molecule has 1 atom stereocenters. The zero-order valence-electron chi connectivity index (χ0n) is 20.7. The SMILES string of the molecule is CC(C)(C)OC(=O)N(COCC[Si](C)(C)C)C1=NC(CF)(c2cccc(F)c2F)C=C(C(=O)O)S1. The number of nitrogens with zero attached hydrogens (tertiary/aromatic N) is 2. The van der Waals surface area contributed by atoms with E-state index in [0.717, 1.165) is 29.2 Å². The lowest BCUT2D eigenvalue weighted by Gasteiger charge is -2.34. The molecule has 1 N–H and O–H groups in total. The van der Waals surface area contributed by atoms with Crippen LogP contribution in [-0.4, -0.2) is 60.9 Å². The van der Waals surface area contributed by atoms with E-state index in [2.05, 4.69) is 24.6 Å². The number of thioether (sulfide) groups is 1. The molecule has 0 aromatic heterocycles. The minimum absolute atomic E-state index is 0.270. The van der Waals surface area contributed by atoms with Crippen LogP contribution in [0, 0.1) is 11.6 Å². The summed E-state index contributed by atoms with van der Waals surface area (Å²) in [5.41, 5.74) is -3.62. The maximum atomic E-state index is 14.7. The average molecular weight is 533 g/mol. The quantitative estimate of drug-likeness (QED) is 0.261. The number of aliphatic imine (C=N–C) groups is 1. The molecule has 2 rings (SSSR count). The van der Waals surface area contributed by atoms with Gasteiger partial charge in [0.15, 0.2) is 16.8 Å². The van der Waals surface area contributed by atoms with E-state index in [1.165, 1.54) is 6.07 Å². The number of carboxylic acid groups (broad SMARTS) is 1. The van der Waals surface area contributed by atoms with Crippen molar-refractivity contribution < 1.29 is 37.3 Å². The first-order valence-corrected chi connectivity index (χ1v) is 15.4. The van der Waals surface area contributed by atoms with Crippen molar-refractivity contribution >= 4 is 37.1 Å². The van der Waals surface area contributed by atoms with Crippen molar-refractivity contribution in [3.8, 4) is 0 Å². The fraction of sp³-hybridized carbons (Fsp3) is 0.522. The van der Waals surface area contributed by atoms with Gasteiger partial charge >= 0.3 is 12.1 Å². The monoisotopic (exact) mass is 532 g/mol. The number of carbonyl (C=O) groups excluding carboxylic acids is 1. The Balaban J connectivity index is 2.56. The number of carboxylic acids is 1. The van der Waals surface area contributed by atoms with Gasteiger partial charge in [-0.3, -0.25) is 0 Å². The molecule has 1 heterocycles. The number of aliphatic carboxylic acids is 1. The van der Waals surface area contributed by atoms with Crippen molar-refractivity contribution in [2.45, 2.75) is 57.6 Å². The lowest BCUT2D eigenvalue weighted by Crippen LogP contribution is -2.44. The number of hydrogen-bond acceptors (Lipinski definition) is 6. The summed E-state index contributed by atoms with van der Waals surface area (Å²) in [6, 6.07) is 3.93. The standard InChI is InChI=1S/C23H31F3N2O5SSi/c1-22(2,3)33-21(31)28(14-32-10-11-35(4,5)6)20-27-23(13-24,12-17(34-20)19(29)30)15-8-7-9-16(25)18(15)26/h7-9,12H,10-11,13-14H2,1-6H3,(H,29,30). The third-order valence-corrected chi connectivity index (χ3v) is 7.47. The predicted molar refractivity (Wildman–Crippen MR) is 132 cm³/mol. The molecule has 7 nitrogen and oxygen atoms in total. The van der Waals surface area contributed by atoms with E-state index in [1.807, 2.05) is 0 Å². The molecule has 0 spiro atoms. The number of ether oxygens (including phenoxy) is 2. The molecule has 1 amide bonds. The number of rotatable bonds is 8. The Kier molecular flexibility index (Phi) is 9.23. The molecule has 194 valence electrons. The molecular weight excluding hydrogens is 501 g/mol. The molecule has 0 bridgehead atoms. The molecule has 1 aliphatic heterocycles. The molecule has 0 saturated heterocycles. The fourth-order valence-corrected chi connectivity index (χ4v) is 4.69. The van der Waals surface area contributed by atoms with Crippen LogP contribution < -0.4 is 0 Å². The molecule has 1 aromatic rings. The lowest BCUT2D eigenvalue weighted by molar-refractivity contribution is -0.131. The van der Waals surface area contributed by atoms with Gasteiger partial charge in [-0.2, -0.15) is 0 Å². The van der Waals surface area contributed by atoms with Crippen LogP contribution in [0.1, 0.15) is 26.3 Å². The second-order valence-electron chi connectivity index (χ2n) is 10.2. The number of amides is 1. The second-order valence-corrected chi connectivity index (χ2v) is 16.9. The lowest BCUT2D eigenvalue weighted by atomic mass is 9.90. The van der Waals surface area contributed by atoms with Crippen LogP contribution in [0.4, 0.5) is 18.0 Å². The number of alkyl halides is 1. The first-order chi connectivity index (χ1) is 16.1. The third-order valence-electron chi connectivity index (χ3n) is 4.76. The first-order valence-electron chi connectivity index (χ1n) is 10.9. The van der Waals surface area contributed by atoms with Crippen LogP contribution in [0.5, 0.6) is 0 Å². The normalized spacial score (nSPS) is 18.5. The molecule has 35 heavy (non-hydrogen) atoms. The molecule has 1 aromatic carbocycles. The van der Waals surface area contributed by atoms with Gasteiger partial charge in [-0.1, -0.05) is 31.8 Å². The van der Waals surface area contributed by atoms with E-state index in [1.54, 1.807) is 20.8 Å². The van der Waals surface area contributed by atoms with Gasteiger partial charge in [-0.05, 0) is 50.7 Å². The Hall–Kier alpha value is -2.31. The molecule has 1 unspecified atom stereocenters. The number of amidine groups is 1. The summed E-state index contributed by atoms with van der Waals surface area (Å²) in [4.78, 5) is 29.7. The van der Waals surface area contributed by atoms with Gasteiger partial charge in [0.2, 0.25) is 0 Å². The molecule has 1 aliphatic rings. The topological polar surface area (TPSA) is 88.4 Å². The van der Waals surface area contributed by atoms with Crippen molar-refractivity contribution in [2.75, 3.05) is 20.0 Å². The van der Waals surface area contributed by atoms with Gasteiger partial charge in [-0.15, -0.1) is 0 Å². The summed E-state index contributed by atoms with van der Waals surface area (Å²) in [5, 5.41) is 9.40. The van der Waals surface area contributed by atoms with Crippen LogP contribution in [0.15, 0.2) is 34.2 Å². The van der Waals surface area contributed by atoms with Crippen LogP contribution in [0.3, 0.4) is 0 Å². The highest BCUT2D eigenvalue weighted by Crippen LogP contribution is 2.40. The highest BCUT2D eigenvalue weighted by molar-refractivity contribution is 8.17. The highest BCUT2D eigenvalue weighted by Gasteiger charge is 2.41. The molecule has 0 saturated carbocycles. The van der Waals surface area contributed by atoms with Crippen molar-refractivity contribution in [1.29, 1.82) is 0 Å². The Morgan fingerprint density at radius 3 is 2.43 bits per heavy atom. The Morgan fingerprint density at radius 1 is 1.23 bits per heavy atom. The van der Waals surface area contributed by atoms with E-state index in [0.29, 0.717) is 18.4 Å². The van der Waals surface area contributed by atoms with Crippen molar-refractivity contribution in [1.82, 2.24) is 4.90 Å². The van der Waals surface area contributed by atoms with Gasteiger partial charge in [0.25, 0.3) is 0 Å². The zero-order chi connectivity index (χ0) is 26.6. The van der Waals surface area contributed by atoms with E-state index in [9.17, 15) is 27.9 Å². The van der Waals surface area contributed by atoms with Crippen LogP contribution in [0.2, 0.25) is 25.7 Å². The summed E-state index contributed by atoms with van der Waals surface area (Å²) in [5.74, 6) is -4.05. The Labute approximate surface area is 208 Å². The van der Waals surface area contributed by atoms with Crippen LogP contribution in [0.25, 0.3) is 0 Å².